The van der Waals surface area contributed by atoms with Crippen molar-refractivity contribution < 1.29 is 14.3 Å². The lowest BCUT2D eigenvalue weighted by molar-refractivity contribution is -0.127. The summed E-state index contributed by atoms with van der Waals surface area (Å²) in [5.41, 5.74) is 0. The standard InChI is InChI=1S/C13H23N3O3/c17-13(12-9-18-5-3-14-12)15-6-11-7-16-4-1-2-10(16)8-19-11/h10-12,14H,1-9H2,(H,15,17). The van der Waals surface area contributed by atoms with E-state index < -0.39 is 0 Å². The Morgan fingerprint density at radius 3 is 3.21 bits per heavy atom. The van der Waals surface area contributed by atoms with Crippen LogP contribution in [-0.4, -0.2) is 75.0 Å². The Bertz CT molecular complexity index is 320. The van der Waals surface area contributed by atoms with E-state index in [0.29, 0.717) is 25.8 Å². The molecule has 0 aromatic heterocycles. The Balaban J connectivity index is 1.40. The minimum atomic E-state index is -0.211. The fourth-order valence-electron chi connectivity index (χ4n) is 3.08. The summed E-state index contributed by atoms with van der Waals surface area (Å²) in [4.78, 5) is 14.4. The average Bonchev–Trinajstić information content (AvgIpc) is 2.93. The summed E-state index contributed by atoms with van der Waals surface area (Å²) in [6.07, 6.45) is 2.65. The van der Waals surface area contributed by atoms with Gasteiger partial charge in [-0.15, -0.1) is 0 Å². The molecular weight excluding hydrogens is 246 g/mol. The van der Waals surface area contributed by atoms with E-state index in [1.54, 1.807) is 0 Å². The highest BCUT2D eigenvalue weighted by Gasteiger charge is 2.32. The second-order valence-corrected chi connectivity index (χ2v) is 5.57. The zero-order valence-electron chi connectivity index (χ0n) is 11.3. The monoisotopic (exact) mass is 269 g/mol. The zero-order valence-corrected chi connectivity index (χ0v) is 11.3. The Kier molecular flexibility index (Phi) is 4.32. The van der Waals surface area contributed by atoms with E-state index in [9.17, 15) is 4.79 Å². The number of morpholine rings is 2. The molecule has 3 rings (SSSR count). The van der Waals surface area contributed by atoms with Crippen LogP contribution >= 0.6 is 0 Å². The van der Waals surface area contributed by atoms with Gasteiger partial charge in [0, 0.05) is 25.7 Å². The topological polar surface area (TPSA) is 62.8 Å². The summed E-state index contributed by atoms with van der Waals surface area (Å²) >= 11 is 0. The maximum atomic E-state index is 11.9. The van der Waals surface area contributed by atoms with Crippen LogP contribution in [0.5, 0.6) is 0 Å². The molecule has 3 heterocycles. The summed E-state index contributed by atoms with van der Waals surface area (Å²) in [6.45, 7) is 5.42. The number of hydrogen-bond donors (Lipinski definition) is 2. The van der Waals surface area contributed by atoms with Gasteiger partial charge in [0.15, 0.2) is 0 Å². The number of hydrogen-bond acceptors (Lipinski definition) is 5. The molecule has 1 amide bonds. The normalized spacial score (nSPS) is 35.9. The second kappa shape index (κ2) is 6.17. The minimum absolute atomic E-state index is 0.0202. The van der Waals surface area contributed by atoms with Crippen molar-refractivity contribution in [2.45, 2.75) is 31.0 Å². The highest BCUT2D eigenvalue weighted by atomic mass is 16.5. The molecule has 0 aliphatic carbocycles. The van der Waals surface area contributed by atoms with Gasteiger partial charge in [0.2, 0.25) is 5.91 Å². The Morgan fingerprint density at radius 2 is 2.37 bits per heavy atom. The van der Waals surface area contributed by atoms with Crippen molar-refractivity contribution in [2.24, 2.45) is 0 Å². The highest BCUT2D eigenvalue weighted by Crippen LogP contribution is 2.22. The molecule has 0 aromatic rings. The number of ether oxygens (including phenoxy) is 2. The number of carbonyl (C=O) groups is 1. The molecule has 3 unspecified atom stereocenters. The summed E-state index contributed by atoms with van der Waals surface area (Å²) in [5, 5.41) is 6.12. The summed E-state index contributed by atoms with van der Waals surface area (Å²) in [5.74, 6) is 0.0202. The van der Waals surface area contributed by atoms with Crippen molar-refractivity contribution in [2.75, 3.05) is 46.0 Å². The second-order valence-electron chi connectivity index (χ2n) is 5.57. The maximum Gasteiger partial charge on any atom is 0.239 e. The molecule has 0 saturated carbocycles. The third-order valence-electron chi connectivity index (χ3n) is 4.20. The molecule has 3 atom stereocenters. The van der Waals surface area contributed by atoms with Gasteiger partial charge < -0.3 is 20.1 Å². The minimum Gasteiger partial charge on any atom is -0.378 e. The lowest BCUT2D eigenvalue weighted by Crippen LogP contribution is -2.54. The number of fused-ring (bicyclic) bond motifs is 1. The first-order chi connectivity index (χ1) is 9.33. The van der Waals surface area contributed by atoms with Crippen LogP contribution in [0.15, 0.2) is 0 Å². The third-order valence-corrected chi connectivity index (χ3v) is 4.20. The van der Waals surface area contributed by atoms with E-state index in [1.165, 1.54) is 19.4 Å². The van der Waals surface area contributed by atoms with Crippen LogP contribution in [-0.2, 0) is 14.3 Å². The molecule has 3 aliphatic rings. The first kappa shape index (κ1) is 13.3. The van der Waals surface area contributed by atoms with Crippen molar-refractivity contribution in [3.63, 3.8) is 0 Å². The molecule has 3 saturated heterocycles. The maximum absolute atomic E-state index is 11.9. The van der Waals surface area contributed by atoms with Gasteiger partial charge in [-0.25, -0.2) is 0 Å². The summed E-state index contributed by atoms with van der Waals surface area (Å²) < 4.78 is 11.1. The Hall–Kier alpha value is -0.690. The molecule has 0 radical (unpaired) electrons. The van der Waals surface area contributed by atoms with Crippen LogP contribution in [0, 0.1) is 0 Å². The van der Waals surface area contributed by atoms with Crippen LogP contribution in [0.1, 0.15) is 12.8 Å². The van der Waals surface area contributed by atoms with Gasteiger partial charge in [0.1, 0.15) is 6.04 Å². The van der Waals surface area contributed by atoms with Crippen LogP contribution in [0.3, 0.4) is 0 Å². The number of rotatable bonds is 3. The number of nitrogens with zero attached hydrogens (tertiary/aromatic N) is 1. The molecule has 3 aliphatic heterocycles. The van der Waals surface area contributed by atoms with Crippen LogP contribution in [0.4, 0.5) is 0 Å². The SMILES string of the molecule is O=C(NCC1CN2CCCC2CO1)C1COCCN1. The molecular formula is C13H23N3O3. The van der Waals surface area contributed by atoms with Crippen LogP contribution < -0.4 is 10.6 Å². The van der Waals surface area contributed by atoms with Crippen molar-refractivity contribution in [1.29, 1.82) is 0 Å². The molecule has 6 nitrogen and oxygen atoms in total. The predicted molar refractivity (Wildman–Crippen MR) is 70.0 cm³/mol. The fraction of sp³-hybridized carbons (Fsp3) is 0.923. The lowest BCUT2D eigenvalue weighted by Gasteiger charge is -2.35. The fourth-order valence-corrected chi connectivity index (χ4v) is 3.08. The van der Waals surface area contributed by atoms with Gasteiger partial charge in [0.25, 0.3) is 0 Å². The van der Waals surface area contributed by atoms with Crippen molar-refractivity contribution in [3.8, 4) is 0 Å². The van der Waals surface area contributed by atoms with E-state index in [4.69, 9.17) is 9.47 Å². The molecule has 0 spiro atoms. The lowest BCUT2D eigenvalue weighted by atomic mass is 10.2. The molecule has 108 valence electrons. The van der Waals surface area contributed by atoms with E-state index >= 15 is 0 Å². The van der Waals surface area contributed by atoms with Crippen LogP contribution in [0.2, 0.25) is 0 Å². The van der Waals surface area contributed by atoms with Crippen molar-refractivity contribution in [1.82, 2.24) is 15.5 Å². The number of carbonyl (C=O) groups excluding carboxylic acids is 1. The van der Waals surface area contributed by atoms with Gasteiger partial charge >= 0.3 is 0 Å². The van der Waals surface area contributed by atoms with Crippen LogP contribution in [0.25, 0.3) is 0 Å². The largest absolute Gasteiger partial charge is 0.378 e. The quantitative estimate of drug-likeness (QED) is 0.685. The molecule has 3 fully saturated rings. The first-order valence-corrected chi connectivity index (χ1v) is 7.27. The summed E-state index contributed by atoms with van der Waals surface area (Å²) in [7, 11) is 0. The highest BCUT2D eigenvalue weighted by molar-refractivity contribution is 5.82. The Labute approximate surface area is 113 Å². The van der Waals surface area contributed by atoms with Gasteiger partial charge in [-0.1, -0.05) is 0 Å². The number of nitrogens with one attached hydrogen (secondary N) is 2. The molecule has 19 heavy (non-hydrogen) atoms. The number of amides is 1. The van der Waals surface area contributed by atoms with Gasteiger partial charge in [0.05, 0.1) is 25.9 Å². The Morgan fingerprint density at radius 1 is 1.42 bits per heavy atom. The molecule has 0 bridgehead atoms. The van der Waals surface area contributed by atoms with Crippen molar-refractivity contribution >= 4 is 5.91 Å². The van der Waals surface area contributed by atoms with E-state index in [1.807, 2.05) is 0 Å². The van der Waals surface area contributed by atoms with Gasteiger partial charge in [-0.2, -0.15) is 0 Å². The van der Waals surface area contributed by atoms with Crippen molar-refractivity contribution in [3.05, 3.63) is 0 Å². The first-order valence-electron chi connectivity index (χ1n) is 7.27. The molecule has 2 N–H and O–H groups in total. The molecule has 0 aromatic carbocycles. The predicted octanol–water partition coefficient (Wildman–Crippen LogP) is -1.05. The zero-order chi connectivity index (χ0) is 13.1. The average molecular weight is 269 g/mol. The van der Waals surface area contributed by atoms with E-state index in [2.05, 4.69) is 15.5 Å². The van der Waals surface area contributed by atoms with E-state index in [0.717, 1.165) is 19.7 Å². The third kappa shape index (κ3) is 3.25. The van der Waals surface area contributed by atoms with Gasteiger partial charge in [-0.05, 0) is 19.4 Å². The van der Waals surface area contributed by atoms with Gasteiger partial charge in [-0.3, -0.25) is 9.69 Å². The summed E-state index contributed by atoms with van der Waals surface area (Å²) in [6, 6.07) is 0.400. The smallest absolute Gasteiger partial charge is 0.239 e. The molecule has 6 heteroatoms. The van der Waals surface area contributed by atoms with E-state index in [-0.39, 0.29) is 18.1 Å².